The van der Waals surface area contributed by atoms with Gasteiger partial charge in [0.1, 0.15) is 5.82 Å². The first-order chi connectivity index (χ1) is 11.1. The van der Waals surface area contributed by atoms with Crippen LogP contribution in [0.25, 0.3) is 0 Å². The van der Waals surface area contributed by atoms with Gasteiger partial charge in [0, 0.05) is 5.56 Å². The van der Waals surface area contributed by atoms with E-state index in [1.807, 2.05) is 60.7 Å². The summed E-state index contributed by atoms with van der Waals surface area (Å²) in [4.78, 5) is 13.3. The minimum atomic E-state index is -2.62. The average molecular weight is 320 g/mol. The molecule has 0 unspecified atom stereocenters. The average Bonchev–Trinajstić information content (AvgIpc) is 2.62. The lowest BCUT2D eigenvalue weighted by molar-refractivity contribution is 0.107. The second-order valence-electron chi connectivity index (χ2n) is 5.69. The van der Waals surface area contributed by atoms with Gasteiger partial charge in [-0.05, 0) is 34.6 Å². The van der Waals surface area contributed by atoms with Crippen molar-refractivity contribution in [3.8, 4) is 0 Å². The Hall–Kier alpha value is -2.52. The molecule has 0 fully saturated rings. The first-order valence-corrected chi connectivity index (χ1v) is 10.0. The number of rotatable bonds is 4. The van der Waals surface area contributed by atoms with Gasteiger partial charge in [0.25, 0.3) is 0 Å². The monoisotopic (exact) mass is 320 g/mol. The summed E-state index contributed by atoms with van der Waals surface area (Å²) in [5.74, 6) is -0.329. The zero-order valence-corrected chi connectivity index (χ0v) is 13.9. The van der Waals surface area contributed by atoms with Crippen LogP contribution in [0, 0.1) is 5.82 Å². The zero-order chi connectivity index (χ0) is 16.3. The van der Waals surface area contributed by atoms with Crippen molar-refractivity contribution in [2.75, 3.05) is 0 Å². The van der Waals surface area contributed by atoms with E-state index in [9.17, 15) is 9.18 Å². The van der Waals surface area contributed by atoms with Crippen molar-refractivity contribution in [2.24, 2.45) is 0 Å². The number of benzene rings is 3. The van der Waals surface area contributed by atoms with Crippen LogP contribution in [-0.4, -0.2) is 13.5 Å². The van der Waals surface area contributed by atoms with Gasteiger partial charge in [-0.3, -0.25) is 4.79 Å². The fourth-order valence-corrected chi connectivity index (χ4v) is 6.18. The van der Waals surface area contributed by atoms with Crippen molar-refractivity contribution >= 4 is 23.9 Å². The Morgan fingerprint density at radius 2 is 1.17 bits per heavy atom. The summed E-state index contributed by atoms with van der Waals surface area (Å²) in [5, 5.41) is 2.20. The van der Waals surface area contributed by atoms with Crippen molar-refractivity contribution in [1.29, 1.82) is 0 Å². The summed E-state index contributed by atoms with van der Waals surface area (Å²) < 4.78 is 13.2. The fourth-order valence-electron chi connectivity index (χ4n) is 2.86. The van der Waals surface area contributed by atoms with Crippen molar-refractivity contribution in [1.82, 2.24) is 0 Å². The van der Waals surface area contributed by atoms with Crippen molar-refractivity contribution in [2.45, 2.75) is 6.55 Å². The standard InChI is InChI=1S/C20H17FOSi/c1-23(18-8-4-2-5-9-18,19-10-6-3-7-11-19)20(22)16-12-14-17(21)15-13-16/h2-15H,1H3. The highest BCUT2D eigenvalue weighted by molar-refractivity contribution is 7.23. The van der Waals surface area contributed by atoms with E-state index in [0.29, 0.717) is 5.56 Å². The van der Waals surface area contributed by atoms with Gasteiger partial charge >= 0.3 is 0 Å². The third-order valence-corrected chi connectivity index (χ3v) is 8.44. The quantitative estimate of drug-likeness (QED) is 0.673. The van der Waals surface area contributed by atoms with Gasteiger partial charge in [-0.1, -0.05) is 67.2 Å². The second-order valence-corrected chi connectivity index (χ2v) is 9.55. The molecular formula is C20H17FOSi. The molecule has 0 aromatic heterocycles. The molecule has 0 aliphatic heterocycles. The van der Waals surface area contributed by atoms with Crippen LogP contribution in [0.15, 0.2) is 84.9 Å². The molecule has 0 atom stereocenters. The molecular weight excluding hydrogens is 303 g/mol. The van der Waals surface area contributed by atoms with Crippen LogP contribution in [0.1, 0.15) is 10.4 Å². The maximum absolute atomic E-state index is 13.3. The van der Waals surface area contributed by atoms with Gasteiger partial charge < -0.3 is 0 Å². The maximum atomic E-state index is 13.3. The summed E-state index contributed by atoms with van der Waals surface area (Å²) in [7, 11) is -2.62. The van der Waals surface area contributed by atoms with Crippen LogP contribution in [0.5, 0.6) is 0 Å². The summed E-state index contributed by atoms with van der Waals surface area (Å²) in [6.07, 6.45) is 0. The molecule has 3 rings (SSSR count). The Morgan fingerprint density at radius 3 is 1.61 bits per heavy atom. The first kappa shape index (κ1) is 15.4. The highest BCUT2D eigenvalue weighted by atomic mass is 28.3. The van der Waals surface area contributed by atoms with Gasteiger partial charge in [-0.15, -0.1) is 0 Å². The Balaban J connectivity index is 2.16. The smallest absolute Gasteiger partial charge is 0.196 e. The van der Waals surface area contributed by atoms with Crippen LogP contribution in [0.2, 0.25) is 6.55 Å². The summed E-state index contributed by atoms with van der Waals surface area (Å²) in [5.41, 5.74) is 0.563. The van der Waals surface area contributed by atoms with E-state index in [-0.39, 0.29) is 11.2 Å². The molecule has 0 saturated carbocycles. The number of hydrogen-bond donors (Lipinski definition) is 0. The van der Waals surface area contributed by atoms with E-state index in [1.54, 1.807) is 12.1 Å². The number of hydrogen-bond acceptors (Lipinski definition) is 1. The van der Waals surface area contributed by atoms with Gasteiger partial charge in [-0.25, -0.2) is 4.39 Å². The topological polar surface area (TPSA) is 17.1 Å². The van der Waals surface area contributed by atoms with E-state index in [4.69, 9.17) is 0 Å². The SMILES string of the molecule is C[Si](C(=O)c1ccc(F)cc1)(c1ccccc1)c1ccccc1. The Labute approximate surface area is 136 Å². The van der Waals surface area contributed by atoms with E-state index in [2.05, 4.69) is 6.55 Å². The Kier molecular flexibility index (Phi) is 4.21. The number of carbonyl (C=O) groups excluding carboxylic acids is 1. The molecule has 3 aromatic carbocycles. The van der Waals surface area contributed by atoms with Crippen LogP contribution < -0.4 is 10.4 Å². The summed E-state index contributed by atoms with van der Waals surface area (Å²) >= 11 is 0. The summed E-state index contributed by atoms with van der Waals surface area (Å²) in [6, 6.07) is 25.6. The molecule has 1 nitrogen and oxygen atoms in total. The molecule has 0 bridgehead atoms. The zero-order valence-electron chi connectivity index (χ0n) is 12.9. The number of halogens is 1. The molecule has 0 N–H and O–H groups in total. The minimum Gasteiger partial charge on any atom is -0.299 e. The maximum Gasteiger partial charge on any atom is 0.196 e. The van der Waals surface area contributed by atoms with Crippen molar-refractivity contribution < 1.29 is 9.18 Å². The lowest BCUT2D eigenvalue weighted by Gasteiger charge is -2.27. The van der Waals surface area contributed by atoms with E-state index >= 15 is 0 Å². The van der Waals surface area contributed by atoms with Crippen molar-refractivity contribution in [3.63, 3.8) is 0 Å². The molecule has 0 radical (unpaired) electrons. The highest BCUT2D eigenvalue weighted by Gasteiger charge is 2.40. The molecule has 0 aliphatic rings. The molecule has 3 heteroatoms. The molecule has 23 heavy (non-hydrogen) atoms. The van der Waals surface area contributed by atoms with Gasteiger partial charge in [-0.2, -0.15) is 0 Å². The predicted octanol–water partition coefficient (Wildman–Crippen LogP) is 3.44. The van der Waals surface area contributed by atoms with E-state index < -0.39 is 8.07 Å². The Morgan fingerprint density at radius 1 is 0.739 bits per heavy atom. The van der Waals surface area contributed by atoms with Gasteiger partial charge in [0.2, 0.25) is 0 Å². The molecule has 3 aromatic rings. The van der Waals surface area contributed by atoms with E-state index in [0.717, 1.165) is 10.4 Å². The third-order valence-electron chi connectivity index (χ3n) is 4.26. The lowest BCUT2D eigenvalue weighted by atomic mass is 10.2. The van der Waals surface area contributed by atoms with Gasteiger partial charge in [0.05, 0.1) is 0 Å². The molecule has 0 saturated heterocycles. The Bertz CT molecular complexity index is 759. The molecule has 0 aliphatic carbocycles. The van der Waals surface area contributed by atoms with E-state index in [1.165, 1.54) is 12.1 Å². The highest BCUT2D eigenvalue weighted by Crippen LogP contribution is 2.14. The summed E-state index contributed by atoms with van der Waals surface area (Å²) in [6.45, 7) is 2.06. The normalized spacial score (nSPS) is 11.2. The van der Waals surface area contributed by atoms with Crippen LogP contribution in [0.3, 0.4) is 0 Å². The first-order valence-electron chi connectivity index (χ1n) is 7.54. The second kappa shape index (κ2) is 6.30. The molecule has 0 amide bonds. The molecule has 0 spiro atoms. The largest absolute Gasteiger partial charge is 0.299 e. The number of carbonyl (C=O) groups is 1. The minimum absolute atomic E-state index is 0.0925. The lowest BCUT2D eigenvalue weighted by Crippen LogP contribution is -2.62. The van der Waals surface area contributed by atoms with Crippen LogP contribution in [-0.2, 0) is 0 Å². The van der Waals surface area contributed by atoms with Crippen LogP contribution in [0.4, 0.5) is 4.39 Å². The molecule has 0 heterocycles. The predicted molar refractivity (Wildman–Crippen MR) is 94.5 cm³/mol. The third kappa shape index (κ3) is 2.88. The fraction of sp³-hybridized carbons (Fsp3) is 0.0500. The van der Waals surface area contributed by atoms with Crippen molar-refractivity contribution in [3.05, 3.63) is 96.3 Å². The van der Waals surface area contributed by atoms with Crippen LogP contribution >= 0.6 is 0 Å². The molecule has 114 valence electrons. The van der Waals surface area contributed by atoms with Gasteiger partial charge in [0.15, 0.2) is 13.5 Å².